The maximum Gasteiger partial charge on any atom is 0.236 e. The van der Waals surface area contributed by atoms with Gasteiger partial charge in [0, 0.05) is 13.1 Å². The molecule has 0 unspecified atom stereocenters. The van der Waals surface area contributed by atoms with Crippen molar-refractivity contribution >= 4 is 17.7 Å². The van der Waals surface area contributed by atoms with Crippen LogP contribution >= 0.6 is 11.8 Å². The Labute approximate surface area is 131 Å². The van der Waals surface area contributed by atoms with Crippen LogP contribution in [0.5, 0.6) is 5.75 Å². The summed E-state index contributed by atoms with van der Waals surface area (Å²) in [6.07, 6.45) is 0. The van der Waals surface area contributed by atoms with Crippen LogP contribution in [0.4, 0.5) is 0 Å². The maximum atomic E-state index is 12.3. The SMILES string of the molecule is CCOc1ccc([C@@H]2S[C@H](C)C(=O)N2CCN(C)C)cc1. The standard InChI is InChI=1S/C16H24N2O2S/c1-5-20-14-8-6-13(7-9-14)16-18(11-10-17(3)4)15(19)12(2)21-16/h6-9,12,16H,5,10-11H2,1-4H3/t12-,16+/m1/s1. The molecule has 1 saturated heterocycles. The molecule has 1 amide bonds. The van der Waals surface area contributed by atoms with Crippen LogP contribution in [0.25, 0.3) is 0 Å². The normalized spacial score (nSPS) is 22.1. The second-order valence-corrected chi connectivity index (χ2v) is 6.89. The number of hydrogen-bond donors (Lipinski definition) is 0. The number of rotatable bonds is 6. The second kappa shape index (κ2) is 7.18. The van der Waals surface area contributed by atoms with Crippen LogP contribution in [0.15, 0.2) is 24.3 Å². The first-order valence-corrected chi connectivity index (χ1v) is 8.30. The summed E-state index contributed by atoms with van der Waals surface area (Å²) in [7, 11) is 4.06. The lowest BCUT2D eigenvalue weighted by Gasteiger charge is -2.25. The minimum atomic E-state index is 0.0312. The Balaban J connectivity index is 2.13. The second-order valence-electron chi connectivity index (χ2n) is 5.47. The third-order valence-corrected chi connectivity index (χ3v) is 4.91. The molecule has 0 radical (unpaired) electrons. The van der Waals surface area contributed by atoms with E-state index in [-0.39, 0.29) is 16.5 Å². The number of likely N-dealkylation sites (N-methyl/N-ethyl adjacent to an activating group) is 1. The van der Waals surface area contributed by atoms with Crippen LogP contribution in [0.2, 0.25) is 0 Å². The topological polar surface area (TPSA) is 32.8 Å². The zero-order chi connectivity index (χ0) is 15.4. The zero-order valence-corrected chi connectivity index (χ0v) is 14.0. The van der Waals surface area contributed by atoms with E-state index in [0.29, 0.717) is 6.61 Å². The first-order valence-electron chi connectivity index (χ1n) is 7.36. The van der Waals surface area contributed by atoms with Gasteiger partial charge in [-0.3, -0.25) is 4.79 Å². The molecule has 1 aromatic rings. The molecule has 21 heavy (non-hydrogen) atoms. The number of amides is 1. The van der Waals surface area contributed by atoms with Gasteiger partial charge in [0.05, 0.1) is 11.9 Å². The molecule has 1 heterocycles. The van der Waals surface area contributed by atoms with Gasteiger partial charge < -0.3 is 14.5 Å². The lowest BCUT2D eigenvalue weighted by Crippen LogP contribution is -2.36. The van der Waals surface area contributed by atoms with Gasteiger partial charge in [0.1, 0.15) is 11.1 Å². The lowest BCUT2D eigenvalue weighted by atomic mass is 10.2. The molecule has 4 nitrogen and oxygen atoms in total. The molecule has 1 aromatic carbocycles. The van der Waals surface area contributed by atoms with Gasteiger partial charge in [-0.25, -0.2) is 0 Å². The molecule has 0 aliphatic carbocycles. The highest BCUT2D eigenvalue weighted by atomic mass is 32.2. The average molecular weight is 308 g/mol. The van der Waals surface area contributed by atoms with E-state index in [1.165, 1.54) is 5.56 Å². The monoisotopic (exact) mass is 308 g/mol. The van der Waals surface area contributed by atoms with Gasteiger partial charge in [0.2, 0.25) is 5.91 Å². The van der Waals surface area contributed by atoms with E-state index in [0.717, 1.165) is 18.8 Å². The molecule has 1 fully saturated rings. The highest BCUT2D eigenvalue weighted by Crippen LogP contribution is 2.42. The molecule has 2 atom stereocenters. The van der Waals surface area contributed by atoms with Gasteiger partial charge in [-0.1, -0.05) is 12.1 Å². The quantitative estimate of drug-likeness (QED) is 0.809. The summed E-state index contributed by atoms with van der Waals surface area (Å²) in [6, 6.07) is 8.10. The molecule has 0 aromatic heterocycles. The zero-order valence-electron chi connectivity index (χ0n) is 13.2. The number of nitrogens with zero attached hydrogens (tertiary/aromatic N) is 2. The number of hydrogen-bond acceptors (Lipinski definition) is 4. The number of thioether (sulfide) groups is 1. The fourth-order valence-electron chi connectivity index (χ4n) is 2.36. The third kappa shape index (κ3) is 3.92. The van der Waals surface area contributed by atoms with E-state index >= 15 is 0 Å². The number of ether oxygens (including phenoxy) is 1. The Morgan fingerprint density at radius 3 is 2.52 bits per heavy atom. The largest absolute Gasteiger partial charge is 0.494 e. The highest BCUT2D eigenvalue weighted by Gasteiger charge is 2.38. The first-order chi connectivity index (χ1) is 10.0. The van der Waals surface area contributed by atoms with Crippen molar-refractivity contribution in [1.82, 2.24) is 9.80 Å². The number of carbonyl (C=O) groups excluding carboxylic acids is 1. The van der Waals surface area contributed by atoms with E-state index in [1.54, 1.807) is 11.8 Å². The maximum absolute atomic E-state index is 12.3. The molecule has 116 valence electrons. The van der Waals surface area contributed by atoms with Gasteiger partial charge in [-0.15, -0.1) is 11.8 Å². The molecule has 0 N–H and O–H groups in total. The number of benzene rings is 1. The van der Waals surface area contributed by atoms with E-state index in [9.17, 15) is 4.79 Å². The molecular weight excluding hydrogens is 284 g/mol. The van der Waals surface area contributed by atoms with Crippen molar-refractivity contribution in [2.45, 2.75) is 24.5 Å². The summed E-state index contributed by atoms with van der Waals surface area (Å²) in [4.78, 5) is 16.4. The molecule has 1 aliphatic heterocycles. The average Bonchev–Trinajstić information content (AvgIpc) is 2.74. The van der Waals surface area contributed by atoms with E-state index in [4.69, 9.17) is 4.74 Å². The van der Waals surface area contributed by atoms with Crippen molar-refractivity contribution in [2.24, 2.45) is 0 Å². The Hall–Kier alpha value is -1.20. The number of carbonyl (C=O) groups is 1. The summed E-state index contributed by atoms with van der Waals surface area (Å²) in [5.41, 5.74) is 1.17. The van der Waals surface area contributed by atoms with Gasteiger partial charge in [-0.2, -0.15) is 0 Å². The molecule has 0 spiro atoms. The molecule has 0 bridgehead atoms. The van der Waals surface area contributed by atoms with Crippen molar-refractivity contribution in [3.8, 4) is 5.75 Å². The summed E-state index contributed by atoms with van der Waals surface area (Å²) >= 11 is 1.72. The summed E-state index contributed by atoms with van der Waals surface area (Å²) < 4.78 is 5.48. The van der Waals surface area contributed by atoms with Crippen LogP contribution in [0, 0.1) is 0 Å². The smallest absolute Gasteiger partial charge is 0.236 e. The molecule has 0 saturated carbocycles. The van der Waals surface area contributed by atoms with Crippen LogP contribution in [0.1, 0.15) is 24.8 Å². The van der Waals surface area contributed by atoms with Crippen molar-refractivity contribution in [1.29, 1.82) is 0 Å². The Morgan fingerprint density at radius 2 is 1.95 bits per heavy atom. The predicted molar refractivity (Wildman–Crippen MR) is 87.7 cm³/mol. The Bertz CT molecular complexity index is 476. The third-order valence-electron chi connectivity index (χ3n) is 3.51. The summed E-state index contributed by atoms with van der Waals surface area (Å²) in [6.45, 7) is 6.28. The molecule has 1 aliphatic rings. The van der Waals surface area contributed by atoms with Crippen molar-refractivity contribution < 1.29 is 9.53 Å². The molecular formula is C16H24N2O2S. The summed E-state index contributed by atoms with van der Waals surface area (Å²) in [5.74, 6) is 1.11. The van der Waals surface area contributed by atoms with Gasteiger partial charge in [0.15, 0.2) is 0 Å². The van der Waals surface area contributed by atoms with Crippen molar-refractivity contribution in [2.75, 3.05) is 33.8 Å². The van der Waals surface area contributed by atoms with Crippen LogP contribution in [-0.4, -0.2) is 54.7 Å². The Morgan fingerprint density at radius 1 is 1.29 bits per heavy atom. The van der Waals surface area contributed by atoms with E-state index in [1.807, 2.05) is 45.0 Å². The van der Waals surface area contributed by atoms with E-state index in [2.05, 4.69) is 17.0 Å². The highest BCUT2D eigenvalue weighted by molar-refractivity contribution is 8.01. The summed E-state index contributed by atoms with van der Waals surface area (Å²) in [5, 5.41) is 0.145. The lowest BCUT2D eigenvalue weighted by molar-refractivity contribution is -0.129. The molecule has 5 heteroatoms. The minimum Gasteiger partial charge on any atom is -0.494 e. The first kappa shape index (κ1) is 16.2. The fourth-order valence-corrected chi connectivity index (χ4v) is 3.67. The fraction of sp³-hybridized carbons (Fsp3) is 0.562. The van der Waals surface area contributed by atoms with Gasteiger partial charge >= 0.3 is 0 Å². The Kier molecular flexibility index (Phi) is 5.53. The molecule has 2 rings (SSSR count). The minimum absolute atomic E-state index is 0.0312. The van der Waals surface area contributed by atoms with Crippen LogP contribution < -0.4 is 4.74 Å². The van der Waals surface area contributed by atoms with Crippen molar-refractivity contribution in [3.05, 3.63) is 29.8 Å². The van der Waals surface area contributed by atoms with Crippen molar-refractivity contribution in [3.63, 3.8) is 0 Å². The van der Waals surface area contributed by atoms with Gasteiger partial charge in [-0.05, 0) is 45.6 Å². The van der Waals surface area contributed by atoms with E-state index < -0.39 is 0 Å². The van der Waals surface area contributed by atoms with Crippen LogP contribution in [-0.2, 0) is 4.79 Å². The predicted octanol–water partition coefficient (Wildman–Crippen LogP) is 2.61. The van der Waals surface area contributed by atoms with Gasteiger partial charge in [0.25, 0.3) is 0 Å². The van der Waals surface area contributed by atoms with Crippen LogP contribution in [0.3, 0.4) is 0 Å².